The first-order valence-electron chi connectivity index (χ1n) is 6.77. The van der Waals surface area contributed by atoms with Gasteiger partial charge in [0.2, 0.25) is 5.76 Å². The molecule has 0 aliphatic carbocycles. The monoisotopic (exact) mass is 308 g/mol. The number of nitrogens with one attached hydrogen (secondary N) is 2. The summed E-state index contributed by atoms with van der Waals surface area (Å²) in [5, 5.41) is 8.86. The Morgan fingerprint density at radius 1 is 0.826 bits per heavy atom. The van der Waals surface area contributed by atoms with E-state index in [-0.39, 0.29) is 17.4 Å². The minimum atomic E-state index is -0.456. The van der Waals surface area contributed by atoms with E-state index in [9.17, 15) is 9.59 Å². The van der Waals surface area contributed by atoms with Gasteiger partial charge in [-0.25, -0.2) is 0 Å². The number of nitrogens with zero attached hydrogens (tertiary/aromatic N) is 2. The second-order valence-electron chi connectivity index (χ2n) is 4.55. The van der Waals surface area contributed by atoms with Crippen LogP contribution in [0.2, 0.25) is 0 Å². The number of carbonyl (C=O) groups is 2. The molecule has 2 heterocycles. The highest BCUT2D eigenvalue weighted by Crippen LogP contribution is 2.22. The van der Waals surface area contributed by atoms with Crippen LogP contribution in [-0.4, -0.2) is 22.0 Å². The fourth-order valence-electron chi connectivity index (χ4n) is 1.90. The van der Waals surface area contributed by atoms with Crippen molar-refractivity contribution in [2.75, 3.05) is 10.6 Å². The lowest BCUT2D eigenvalue weighted by Gasteiger charge is -2.11. The van der Waals surface area contributed by atoms with Gasteiger partial charge in [-0.3, -0.25) is 14.6 Å². The van der Waals surface area contributed by atoms with Crippen LogP contribution in [0.1, 0.15) is 21.0 Å². The number of anilines is 2. The highest BCUT2D eigenvalue weighted by Gasteiger charge is 2.14. The fourth-order valence-corrected chi connectivity index (χ4v) is 1.90. The van der Waals surface area contributed by atoms with Gasteiger partial charge in [-0.2, -0.15) is 0 Å². The van der Waals surface area contributed by atoms with Crippen LogP contribution >= 0.6 is 0 Å². The third-order valence-corrected chi connectivity index (χ3v) is 2.98. The van der Waals surface area contributed by atoms with Gasteiger partial charge in [0.25, 0.3) is 11.8 Å². The Morgan fingerprint density at radius 2 is 1.52 bits per heavy atom. The number of amides is 2. The second-order valence-corrected chi connectivity index (χ2v) is 4.55. The topological polar surface area (TPSA) is 97.1 Å². The molecule has 114 valence electrons. The number of carbonyl (C=O) groups excluding carboxylic acids is 2. The third-order valence-electron chi connectivity index (χ3n) is 2.98. The van der Waals surface area contributed by atoms with Crippen molar-refractivity contribution in [1.82, 2.24) is 10.1 Å². The molecule has 0 unspecified atom stereocenters. The zero-order valence-electron chi connectivity index (χ0n) is 11.9. The average molecular weight is 308 g/mol. The summed E-state index contributed by atoms with van der Waals surface area (Å²) in [6, 6.07) is 13.3. The van der Waals surface area contributed by atoms with Crippen molar-refractivity contribution in [2.45, 2.75) is 0 Å². The predicted octanol–water partition coefficient (Wildman–Crippen LogP) is 2.57. The van der Waals surface area contributed by atoms with Crippen molar-refractivity contribution >= 4 is 23.2 Å². The minimum absolute atomic E-state index is 0.0795. The summed E-state index contributed by atoms with van der Waals surface area (Å²) in [4.78, 5) is 28.2. The molecule has 3 rings (SSSR count). The van der Waals surface area contributed by atoms with Gasteiger partial charge in [-0.1, -0.05) is 23.4 Å². The molecular weight excluding hydrogens is 296 g/mol. The number of pyridine rings is 1. The van der Waals surface area contributed by atoms with Crippen LogP contribution in [-0.2, 0) is 0 Å². The summed E-state index contributed by atoms with van der Waals surface area (Å²) in [6.07, 6.45) is 2.91. The van der Waals surface area contributed by atoms with Crippen molar-refractivity contribution in [1.29, 1.82) is 0 Å². The molecule has 0 aliphatic heterocycles. The molecule has 0 bridgehead atoms. The maximum atomic E-state index is 12.2. The molecular formula is C16H12N4O3. The number of hydrogen-bond acceptors (Lipinski definition) is 5. The number of hydrogen-bond donors (Lipinski definition) is 2. The number of benzene rings is 1. The lowest BCUT2D eigenvalue weighted by molar-refractivity contribution is 0.0985. The van der Waals surface area contributed by atoms with E-state index in [4.69, 9.17) is 4.52 Å². The molecule has 0 radical (unpaired) electrons. The molecule has 2 N–H and O–H groups in total. The molecule has 2 amide bonds. The number of aromatic nitrogens is 2. The van der Waals surface area contributed by atoms with E-state index in [0.717, 1.165) is 0 Å². The normalized spacial score (nSPS) is 10.1. The molecule has 7 heteroatoms. The van der Waals surface area contributed by atoms with Gasteiger partial charge in [0.05, 0.1) is 17.6 Å². The maximum Gasteiger partial charge on any atom is 0.294 e. The van der Waals surface area contributed by atoms with Crippen LogP contribution in [0, 0.1) is 0 Å². The van der Waals surface area contributed by atoms with Gasteiger partial charge in [0.15, 0.2) is 0 Å². The van der Waals surface area contributed by atoms with Crippen molar-refractivity contribution in [3.05, 3.63) is 72.4 Å². The SMILES string of the molecule is O=C(Nc1ccccc1NC(=O)c1ccno1)c1ccccn1. The smallest absolute Gasteiger partial charge is 0.294 e. The molecule has 0 fully saturated rings. The summed E-state index contributed by atoms with van der Waals surface area (Å²) in [7, 11) is 0. The summed E-state index contributed by atoms with van der Waals surface area (Å²) in [5.74, 6) is -0.746. The Morgan fingerprint density at radius 3 is 2.13 bits per heavy atom. The second kappa shape index (κ2) is 6.52. The van der Waals surface area contributed by atoms with Crippen LogP contribution < -0.4 is 10.6 Å². The molecule has 1 aromatic carbocycles. The first-order chi connectivity index (χ1) is 11.2. The van der Waals surface area contributed by atoms with Gasteiger partial charge in [0, 0.05) is 12.3 Å². The summed E-state index contributed by atoms with van der Waals surface area (Å²) >= 11 is 0. The average Bonchev–Trinajstić information content (AvgIpc) is 3.12. The summed E-state index contributed by atoms with van der Waals surface area (Å²) in [6.45, 7) is 0. The summed E-state index contributed by atoms with van der Waals surface area (Å²) < 4.78 is 4.80. The molecule has 23 heavy (non-hydrogen) atoms. The highest BCUT2D eigenvalue weighted by molar-refractivity contribution is 6.08. The molecule has 3 aromatic rings. The minimum Gasteiger partial charge on any atom is -0.351 e. The molecule has 0 atom stereocenters. The lowest BCUT2D eigenvalue weighted by atomic mass is 10.2. The van der Waals surface area contributed by atoms with Crippen LogP contribution in [0.25, 0.3) is 0 Å². The number of rotatable bonds is 4. The maximum absolute atomic E-state index is 12.2. The Kier molecular flexibility index (Phi) is 4.10. The van der Waals surface area contributed by atoms with E-state index in [1.54, 1.807) is 42.5 Å². The van der Waals surface area contributed by atoms with E-state index < -0.39 is 5.91 Å². The van der Waals surface area contributed by atoms with Gasteiger partial charge >= 0.3 is 0 Å². The van der Waals surface area contributed by atoms with Crippen molar-refractivity contribution in [3.63, 3.8) is 0 Å². The molecule has 7 nitrogen and oxygen atoms in total. The van der Waals surface area contributed by atoms with Gasteiger partial charge in [0.1, 0.15) is 5.69 Å². The van der Waals surface area contributed by atoms with E-state index >= 15 is 0 Å². The van der Waals surface area contributed by atoms with Gasteiger partial charge in [-0.15, -0.1) is 0 Å². The first kappa shape index (κ1) is 14.5. The van der Waals surface area contributed by atoms with Crippen LogP contribution in [0.4, 0.5) is 11.4 Å². The van der Waals surface area contributed by atoms with Crippen molar-refractivity contribution in [2.24, 2.45) is 0 Å². The molecule has 0 saturated heterocycles. The quantitative estimate of drug-likeness (QED) is 0.772. The van der Waals surface area contributed by atoms with E-state index in [1.807, 2.05) is 0 Å². The van der Waals surface area contributed by atoms with Crippen LogP contribution in [0.15, 0.2) is 65.4 Å². The Labute approximate surface area is 131 Å². The lowest BCUT2D eigenvalue weighted by Crippen LogP contribution is -2.17. The first-order valence-corrected chi connectivity index (χ1v) is 6.77. The van der Waals surface area contributed by atoms with Gasteiger partial charge < -0.3 is 15.2 Å². The zero-order chi connectivity index (χ0) is 16.1. The zero-order valence-corrected chi connectivity index (χ0v) is 11.9. The van der Waals surface area contributed by atoms with Crippen molar-refractivity contribution < 1.29 is 14.1 Å². The Hall–Kier alpha value is -3.48. The van der Waals surface area contributed by atoms with Crippen molar-refractivity contribution in [3.8, 4) is 0 Å². The van der Waals surface area contributed by atoms with Crippen LogP contribution in [0.5, 0.6) is 0 Å². The molecule has 0 saturated carbocycles. The Balaban J connectivity index is 1.78. The van der Waals surface area contributed by atoms with E-state index in [1.165, 1.54) is 18.5 Å². The van der Waals surface area contributed by atoms with E-state index in [0.29, 0.717) is 11.4 Å². The van der Waals surface area contributed by atoms with Gasteiger partial charge in [-0.05, 0) is 24.3 Å². The molecule has 0 aliphatic rings. The third kappa shape index (κ3) is 3.41. The fraction of sp³-hybridized carbons (Fsp3) is 0. The number of para-hydroxylation sites is 2. The Bertz CT molecular complexity index is 816. The van der Waals surface area contributed by atoms with E-state index in [2.05, 4.69) is 20.8 Å². The highest BCUT2D eigenvalue weighted by atomic mass is 16.5. The largest absolute Gasteiger partial charge is 0.351 e. The molecule has 0 spiro atoms. The van der Waals surface area contributed by atoms with Crippen LogP contribution in [0.3, 0.4) is 0 Å². The molecule has 2 aromatic heterocycles. The summed E-state index contributed by atoms with van der Waals surface area (Å²) in [5.41, 5.74) is 1.18. The predicted molar refractivity (Wildman–Crippen MR) is 83.1 cm³/mol. The standard InChI is InChI=1S/C16H12N4O3/c21-15(13-7-3-4-9-17-13)19-11-5-1-2-6-12(11)20-16(22)14-8-10-18-23-14/h1-10H,(H,19,21)(H,20,22).